The van der Waals surface area contributed by atoms with Crippen molar-refractivity contribution in [1.29, 1.82) is 0 Å². The highest BCUT2D eigenvalue weighted by Crippen LogP contribution is 2.15. The van der Waals surface area contributed by atoms with Gasteiger partial charge in [-0.05, 0) is 6.54 Å². The van der Waals surface area contributed by atoms with E-state index in [0.717, 1.165) is 19.6 Å². The monoisotopic (exact) mass is 303 g/mol. The van der Waals surface area contributed by atoms with E-state index in [1.165, 1.54) is 10.9 Å². The molecule has 1 atom stereocenters. The van der Waals surface area contributed by atoms with Gasteiger partial charge in [-0.3, -0.25) is 9.58 Å². The minimum absolute atomic E-state index is 0.000234. The van der Waals surface area contributed by atoms with Crippen LogP contribution in [0.15, 0.2) is 11.1 Å². The van der Waals surface area contributed by atoms with Gasteiger partial charge in [-0.25, -0.2) is 13.1 Å². The number of ether oxygens (including phenoxy) is 1. The van der Waals surface area contributed by atoms with Gasteiger partial charge in [0.1, 0.15) is 4.90 Å². The van der Waals surface area contributed by atoms with Gasteiger partial charge in [0.15, 0.2) is 5.82 Å². The van der Waals surface area contributed by atoms with E-state index in [2.05, 4.69) is 21.6 Å². The van der Waals surface area contributed by atoms with Crippen LogP contribution in [0.5, 0.6) is 0 Å². The molecule has 1 aromatic heterocycles. The summed E-state index contributed by atoms with van der Waals surface area (Å²) in [5.41, 5.74) is 5.59. The van der Waals surface area contributed by atoms with E-state index >= 15 is 0 Å². The first-order valence-electron chi connectivity index (χ1n) is 6.55. The Bertz CT molecular complexity index is 556. The summed E-state index contributed by atoms with van der Waals surface area (Å²) in [5.74, 6) is -0.000234. The predicted octanol–water partition coefficient (Wildman–Crippen LogP) is -0.999. The zero-order valence-electron chi connectivity index (χ0n) is 11.7. The number of likely N-dealkylation sites (N-methyl/N-ethyl adjacent to an activating group) is 1. The second kappa shape index (κ2) is 6.08. The zero-order valence-corrected chi connectivity index (χ0v) is 12.6. The number of morpholine rings is 1. The number of nitrogens with zero attached hydrogens (tertiary/aromatic N) is 3. The number of sulfonamides is 1. The highest BCUT2D eigenvalue weighted by atomic mass is 32.2. The van der Waals surface area contributed by atoms with Crippen LogP contribution in [0.2, 0.25) is 0 Å². The maximum atomic E-state index is 12.1. The molecule has 0 saturated carbocycles. The van der Waals surface area contributed by atoms with Crippen LogP contribution in [0.1, 0.15) is 6.92 Å². The first kappa shape index (κ1) is 15.2. The molecule has 114 valence electrons. The van der Waals surface area contributed by atoms with E-state index < -0.39 is 10.0 Å². The van der Waals surface area contributed by atoms with Crippen molar-refractivity contribution in [3.63, 3.8) is 0 Å². The third-order valence-electron chi connectivity index (χ3n) is 3.28. The van der Waals surface area contributed by atoms with E-state index in [9.17, 15) is 8.42 Å². The average molecular weight is 303 g/mol. The van der Waals surface area contributed by atoms with Gasteiger partial charge >= 0.3 is 0 Å². The van der Waals surface area contributed by atoms with Crippen LogP contribution in [0, 0.1) is 0 Å². The Morgan fingerprint density at radius 2 is 2.35 bits per heavy atom. The summed E-state index contributed by atoms with van der Waals surface area (Å²) in [5, 5.41) is 3.83. The third-order valence-corrected chi connectivity index (χ3v) is 4.72. The molecule has 1 fully saturated rings. The van der Waals surface area contributed by atoms with Gasteiger partial charge in [0.25, 0.3) is 0 Å². The van der Waals surface area contributed by atoms with Crippen molar-refractivity contribution < 1.29 is 13.2 Å². The second-order valence-electron chi connectivity index (χ2n) is 4.79. The van der Waals surface area contributed by atoms with Crippen molar-refractivity contribution in [3.8, 4) is 0 Å². The highest BCUT2D eigenvalue weighted by Gasteiger charge is 2.24. The topological polar surface area (TPSA) is 102 Å². The molecule has 0 aliphatic carbocycles. The Balaban J connectivity index is 1.97. The lowest BCUT2D eigenvalue weighted by Gasteiger charge is -2.32. The lowest BCUT2D eigenvalue weighted by atomic mass is 10.3. The molecule has 0 amide bonds. The molecule has 0 bridgehead atoms. The first-order chi connectivity index (χ1) is 9.42. The fraction of sp³-hybridized carbons (Fsp3) is 0.727. The van der Waals surface area contributed by atoms with Crippen LogP contribution in [-0.2, 0) is 21.8 Å². The summed E-state index contributed by atoms with van der Waals surface area (Å²) in [4.78, 5) is 2.23. The van der Waals surface area contributed by atoms with Crippen LogP contribution in [0.25, 0.3) is 0 Å². The largest absolute Gasteiger partial charge is 0.381 e. The highest BCUT2D eigenvalue weighted by molar-refractivity contribution is 7.89. The summed E-state index contributed by atoms with van der Waals surface area (Å²) in [6.45, 7) is 5.46. The van der Waals surface area contributed by atoms with Crippen molar-refractivity contribution >= 4 is 15.8 Å². The number of hydrogen-bond donors (Lipinski definition) is 2. The molecule has 0 radical (unpaired) electrons. The zero-order chi connectivity index (χ0) is 14.8. The van der Waals surface area contributed by atoms with Gasteiger partial charge in [0, 0.05) is 32.9 Å². The second-order valence-corrected chi connectivity index (χ2v) is 6.53. The van der Waals surface area contributed by atoms with E-state index in [0.29, 0.717) is 6.61 Å². The molecule has 2 rings (SSSR count). The van der Waals surface area contributed by atoms with Crippen molar-refractivity contribution in [1.82, 2.24) is 19.4 Å². The number of rotatable bonds is 5. The molecule has 0 spiro atoms. The molecule has 0 aromatic carbocycles. The lowest BCUT2D eigenvalue weighted by Crippen LogP contribution is -2.47. The minimum Gasteiger partial charge on any atom is -0.381 e. The molecule has 3 N–H and O–H groups in total. The predicted molar refractivity (Wildman–Crippen MR) is 74.7 cm³/mol. The normalized spacial score (nSPS) is 21.2. The molecular weight excluding hydrogens is 282 g/mol. The first-order valence-corrected chi connectivity index (χ1v) is 8.03. The van der Waals surface area contributed by atoms with Crippen molar-refractivity contribution in [3.05, 3.63) is 6.20 Å². The standard InChI is InChI=1S/C11H21N5O3S/c1-3-16-4-5-19-9(7-16)6-13-20(17,18)10-8-15(2)14-11(10)12/h8-9,13H,3-7H2,1-2H3,(H2,12,14). The Morgan fingerprint density at radius 3 is 2.95 bits per heavy atom. The fourth-order valence-corrected chi connectivity index (χ4v) is 3.33. The van der Waals surface area contributed by atoms with Gasteiger partial charge in [0.2, 0.25) is 10.0 Å². The summed E-state index contributed by atoms with van der Waals surface area (Å²) < 4.78 is 33.8. The van der Waals surface area contributed by atoms with Gasteiger partial charge in [0.05, 0.1) is 12.7 Å². The number of aryl methyl sites for hydroxylation is 1. The van der Waals surface area contributed by atoms with Crippen molar-refractivity contribution in [2.75, 3.05) is 38.5 Å². The van der Waals surface area contributed by atoms with E-state index in [1.54, 1.807) is 7.05 Å². The molecule has 2 heterocycles. The SMILES string of the molecule is CCN1CCOC(CNS(=O)(=O)c2cn(C)nc2N)C1. The third kappa shape index (κ3) is 3.48. The van der Waals surface area contributed by atoms with Gasteiger partial charge in [-0.15, -0.1) is 0 Å². The molecule has 8 nitrogen and oxygen atoms in total. The quantitative estimate of drug-likeness (QED) is 0.723. The molecule has 1 saturated heterocycles. The lowest BCUT2D eigenvalue weighted by molar-refractivity contribution is -0.0229. The molecule has 1 aromatic rings. The maximum absolute atomic E-state index is 12.1. The van der Waals surface area contributed by atoms with Gasteiger partial charge in [-0.2, -0.15) is 5.10 Å². The Hall–Kier alpha value is -1.16. The fourth-order valence-electron chi connectivity index (χ4n) is 2.16. The molecule has 1 aliphatic heterocycles. The van der Waals surface area contributed by atoms with Crippen molar-refractivity contribution in [2.45, 2.75) is 17.9 Å². The summed E-state index contributed by atoms with van der Waals surface area (Å²) in [6.07, 6.45) is 1.24. The van der Waals surface area contributed by atoms with Crippen LogP contribution in [-0.4, -0.2) is 62.0 Å². The van der Waals surface area contributed by atoms with E-state index in [4.69, 9.17) is 10.5 Å². The van der Waals surface area contributed by atoms with Crippen LogP contribution in [0.3, 0.4) is 0 Å². The number of hydrogen-bond acceptors (Lipinski definition) is 6. The van der Waals surface area contributed by atoms with Crippen molar-refractivity contribution in [2.24, 2.45) is 7.05 Å². The summed E-state index contributed by atoms with van der Waals surface area (Å²) in [7, 11) is -2.03. The number of nitrogens with one attached hydrogen (secondary N) is 1. The number of nitrogens with two attached hydrogens (primary N) is 1. The minimum atomic E-state index is -3.65. The van der Waals surface area contributed by atoms with Crippen LogP contribution in [0.4, 0.5) is 5.82 Å². The van der Waals surface area contributed by atoms with Gasteiger partial charge < -0.3 is 10.5 Å². The Kier molecular flexibility index (Phi) is 4.63. The number of aromatic nitrogens is 2. The molecular formula is C11H21N5O3S. The average Bonchev–Trinajstić information content (AvgIpc) is 2.77. The molecule has 20 heavy (non-hydrogen) atoms. The Morgan fingerprint density at radius 1 is 1.60 bits per heavy atom. The number of anilines is 1. The maximum Gasteiger partial charge on any atom is 0.245 e. The summed E-state index contributed by atoms with van der Waals surface area (Å²) in [6, 6.07) is 0. The number of nitrogen functional groups attached to an aromatic ring is 1. The molecule has 1 aliphatic rings. The van der Waals surface area contributed by atoms with Gasteiger partial charge in [-0.1, -0.05) is 6.92 Å². The Labute approximate surface area is 118 Å². The van der Waals surface area contributed by atoms with E-state index in [1.807, 2.05) is 0 Å². The smallest absolute Gasteiger partial charge is 0.245 e. The summed E-state index contributed by atoms with van der Waals surface area (Å²) >= 11 is 0. The van der Waals surface area contributed by atoms with Crippen LogP contribution >= 0.6 is 0 Å². The van der Waals surface area contributed by atoms with E-state index in [-0.39, 0.29) is 23.4 Å². The molecule has 1 unspecified atom stereocenters. The van der Waals surface area contributed by atoms with Crippen LogP contribution < -0.4 is 10.5 Å². The molecule has 9 heteroatoms.